The van der Waals surface area contributed by atoms with E-state index in [1.165, 1.54) is 11.0 Å². The smallest absolute Gasteiger partial charge is 0.382 e. The number of aromatic nitrogens is 2. The lowest BCUT2D eigenvalue weighted by atomic mass is 10.1. The van der Waals surface area contributed by atoms with Gasteiger partial charge in [0.15, 0.2) is 5.82 Å². The number of rotatable bonds is 4. The average Bonchev–Trinajstić information content (AvgIpc) is 3.01. The van der Waals surface area contributed by atoms with Crippen LogP contribution >= 0.6 is 0 Å². The summed E-state index contributed by atoms with van der Waals surface area (Å²) in [7, 11) is 0. The number of halogens is 3. The summed E-state index contributed by atoms with van der Waals surface area (Å²) in [5.74, 6) is 0.396. The van der Waals surface area contributed by atoms with Crippen LogP contribution in [0.25, 0.3) is 11.3 Å². The van der Waals surface area contributed by atoms with E-state index in [1.807, 2.05) is 18.2 Å². The first-order valence-electron chi connectivity index (χ1n) is 10.3. The molecule has 2 amide bonds. The van der Waals surface area contributed by atoms with E-state index >= 15 is 0 Å². The molecule has 1 aliphatic heterocycles. The fraction of sp³-hybridized carbons (Fsp3) is 0.261. The highest BCUT2D eigenvalue weighted by atomic mass is 19.4. The molecule has 0 unspecified atom stereocenters. The van der Waals surface area contributed by atoms with E-state index in [4.69, 9.17) is 0 Å². The van der Waals surface area contributed by atoms with Gasteiger partial charge < -0.3 is 10.6 Å². The van der Waals surface area contributed by atoms with E-state index in [0.29, 0.717) is 55.2 Å². The van der Waals surface area contributed by atoms with Gasteiger partial charge in [0.2, 0.25) is 0 Å². The molecule has 4 rings (SSSR count). The minimum absolute atomic E-state index is 0.306. The number of nitrogens with zero attached hydrogens (tertiary/aromatic N) is 3. The first-order chi connectivity index (χ1) is 15.4. The molecule has 166 valence electrons. The minimum atomic E-state index is -4.44. The van der Waals surface area contributed by atoms with Crippen LogP contribution in [0.2, 0.25) is 0 Å². The van der Waals surface area contributed by atoms with Gasteiger partial charge in [-0.1, -0.05) is 18.2 Å². The quantitative estimate of drug-likeness (QED) is 0.614. The number of alkyl halides is 3. The number of hydrogen-bond acceptors (Lipinski definition) is 4. The number of benzene rings is 1. The zero-order chi connectivity index (χ0) is 22.6. The Morgan fingerprint density at radius 2 is 2.00 bits per heavy atom. The Kier molecular flexibility index (Phi) is 6.25. The predicted molar refractivity (Wildman–Crippen MR) is 116 cm³/mol. The monoisotopic (exact) mass is 441 g/mol. The van der Waals surface area contributed by atoms with E-state index in [-0.39, 0.29) is 6.03 Å². The van der Waals surface area contributed by atoms with Gasteiger partial charge in [0.25, 0.3) is 0 Å². The fourth-order valence-electron chi connectivity index (χ4n) is 3.51. The Morgan fingerprint density at radius 1 is 1.12 bits per heavy atom. The molecule has 0 fully saturated rings. The van der Waals surface area contributed by atoms with Gasteiger partial charge in [0, 0.05) is 43.5 Å². The number of nitrogens with one attached hydrogen (secondary N) is 2. The third-order valence-corrected chi connectivity index (χ3v) is 5.12. The van der Waals surface area contributed by atoms with Crippen LogP contribution in [0.5, 0.6) is 0 Å². The number of amides is 2. The van der Waals surface area contributed by atoms with Crippen LogP contribution in [0, 0.1) is 0 Å². The molecular formula is C23H22F3N5O. The van der Waals surface area contributed by atoms with Crippen molar-refractivity contribution in [2.24, 2.45) is 0 Å². The maximum Gasteiger partial charge on any atom is 0.416 e. The largest absolute Gasteiger partial charge is 0.416 e. The molecule has 3 heterocycles. The molecule has 0 spiro atoms. The summed E-state index contributed by atoms with van der Waals surface area (Å²) in [4.78, 5) is 23.2. The topological polar surface area (TPSA) is 70.2 Å². The summed E-state index contributed by atoms with van der Waals surface area (Å²) in [5, 5.41) is 6.12. The third-order valence-electron chi connectivity index (χ3n) is 5.12. The highest BCUT2D eigenvalue weighted by molar-refractivity contribution is 5.95. The molecule has 2 aromatic heterocycles. The van der Waals surface area contributed by atoms with E-state index in [2.05, 4.69) is 20.6 Å². The molecule has 1 aliphatic rings. The van der Waals surface area contributed by atoms with Crippen molar-refractivity contribution in [1.29, 1.82) is 0 Å². The lowest BCUT2D eigenvalue weighted by Gasteiger charge is -2.22. The molecule has 0 saturated heterocycles. The molecule has 0 saturated carbocycles. The average molecular weight is 441 g/mol. The van der Waals surface area contributed by atoms with Gasteiger partial charge in [0.1, 0.15) is 0 Å². The van der Waals surface area contributed by atoms with Gasteiger partial charge in [0.05, 0.1) is 16.9 Å². The lowest BCUT2D eigenvalue weighted by Crippen LogP contribution is -2.41. The molecule has 0 bridgehead atoms. The van der Waals surface area contributed by atoms with Gasteiger partial charge >= 0.3 is 12.2 Å². The van der Waals surface area contributed by atoms with Crippen LogP contribution in [0.15, 0.2) is 60.8 Å². The molecule has 3 aromatic rings. The van der Waals surface area contributed by atoms with Crippen molar-refractivity contribution in [3.05, 3.63) is 72.1 Å². The maximum atomic E-state index is 13.1. The molecule has 0 radical (unpaired) electrons. The first-order valence-corrected chi connectivity index (χ1v) is 10.3. The highest BCUT2D eigenvalue weighted by Gasteiger charge is 2.31. The summed E-state index contributed by atoms with van der Waals surface area (Å²) in [6.45, 7) is 1.51. The van der Waals surface area contributed by atoms with E-state index in [0.717, 1.165) is 17.8 Å². The Bertz CT molecular complexity index is 1090. The second kappa shape index (κ2) is 9.25. The Balaban J connectivity index is 1.56. The van der Waals surface area contributed by atoms with Crippen LogP contribution in [-0.4, -0.2) is 35.6 Å². The molecule has 2 N–H and O–H groups in total. The maximum absolute atomic E-state index is 13.1. The number of anilines is 2. The van der Waals surface area contributed by atoms with Gasteiger partial charge in [-0.05, 0) is 42.8 Å². The summed E-state index contributed by atoms with van der Waals surface area (Å²) >= 11 is 0. The van der Waals surface area contributed by atoms with Crippen molar-refractivity contribution < 1.29 is 18.0 Å². The predicted octanol–water partition coefficient (Wildman–Crippen LogP) is 4.74. The number of carbonyl (C=O) groups excluding carboxylic acids is 1. The van der Waals surface area contributed by atoms with Crippen LogP contribution < -0.4 is 15.5 Å². The SMILES string of the molecule is O=C(NCCc1ccccn1)N1CCCNc2ccc(-c3cccc(C(F)(F)F)c3)nc21. The zero-order valence-electron chi connectivity index (χ0n) is 17.2. The lowest BCUT2D eigenvalue weighted by molar-refractivity contribution is -0.137. The third kappa shape index (κ3) is 4.99. The van der Waals surface area contributed by atoms with Gasteiger partial charge in [-0.25, -0.2) is 9.78 Å². The van der Waals surface area contributed by atoms with Crippen LogP contribution in [0.4, 0.5) is 29.5 Å². The van der Waals surface area contributed by atoms with Crippen LogP contribution in [-0.2, 0) is 12.6 Å². The van der Waals surface area contributed by atoms with Crippen molar-refractivity contribution in [2.75, 3.05) is 29.9 Å². The number of pyridine rings is 2. The number of carbonyl (C=O) groups is 1. The summed E-state index contributed by atoms with van der Waals surface area (Å²) in [6.07, 6.45) is -1.44. The Labute approximate surface area is 183 Å². The second-order valence-corrected chi connectivity index (χ2v) is 7.38. The summed E-state index contributed by atoms with van der Waals surface area (Å²) < 4.78 is 39.4. The first kappa shape index (κ1) is 21.6. The summed E-state index contributed by atoms with van der Waals surface area (Å²) in [6, 6.07) is 13.7. The zero-order valence-corrected chi connectivity index (χ0v) is 17.2. The number of hydrogen-bond donors (Lipinski definition) is 2. The van der Waals surface area contributed by atoms with E-state index in [9.17, 15) is 18.0 Å². The molecule has 9 heteroatoms. The highest BCUT2D eigenvalue weighted by Crippen LogP contribution is 2.34. The van der Waals surface area contributed by atoms with Crippen molar-refractivity contribution in [3.8, 4) is 11.3 Å². The molecule has 1 aromatic carbocycles. The Morgan fingerprint density at radius 3 is 2.78 bits per heavy atom. The molecule has 32 heavy (non-hydrogen) atoms. The Hall–Kier alpha value is -3.62. The normalized spacial score (nSPS) is 13.7. The second-order valence-electron chi connectivity index (χ2n) is 7.38. The van der Waals surface area contributed by atoms with E-state index in [1.54, 1.807) is 24.4 Å². The van der Waals surface area contributed by atoms with Gasteiger partial charge in [-0.2, -0.15) is 13.2 Å². The molecule has 0 aliphatic carbocycles. The van der Waals surface area contributed by atoms with E-state index < -0.39 is 11.7 Å². The van der Waals surface area contributed by atoms with Crippen LogP contribution in [0.3, 0.4) is 0 Å². The van der Waals surface area contributed by atoms with Crippen LogP contribution in [0.1, 0.15) is 17.7 Å². The van der Waals surface area contributed by atoms with Crippen molar-refractivity contribution in [1.82, 2.24) is 15.3 Å². The molecule has 6 nitrogen and oxygen atoms in total. The standard InChI is InChI=1S/C23H22F3N5O/c24-23(25,26)17-6-3-5-16(15-17)19-8-9-20-21(30-19)31(14-4-12-28-20)22(32)29-13-10-18-7-1-2-11-27-18/h1-3,5-9,11,15,28H,4,10,12-14H2,(H,29,32). The van der Waals surface area contributed by atoms with Crippen molar-refractivity contribution in [2.45, 2.75) is 19.0 Å². The van der Waals surface area contributed by atoms with Gasteiger partial charge in [-0.3, -0.25) is 9.88 Å². The fourth-order valence-corrected chi connectivity index (χ4v) is 3.51. The van der Waals surface area contributed by atoms with Gasteiger partial charge in [-0.15, -0.1) is 0 Å². The molecular weight excluding hydrogens is 419 g/mol. The summed E-state index contributed by atoms with van der Waals surface area (Å²) in [5.41, 5.74) is 1.50. The molecule has 0 atom stereocenters. The van der Waals surface area contributed by atoms with Crippen molar-refractivity contribution >= 4 is 17.5 Å². The van der Waals surface area contributed by atoms with Crippen molar-refractivity contribution in [3.63, 3.8) is 0 Å². The number of fused-ring (bicyclic) bond motifs is 1. The minimum Gasteiger partial charge on any atom is -0.382 e. The number of urea groups is 1.